The number of hydrogen-bond acceptors (Lipinski definition) is 4. The number of amides is 1. The van der Waals surface area contributed by atoms with Gasteiger partial charge in [-0.25, -0.2) is 8.42 Å². The number of hydrogen-bond donors (Lipinski definition) is 0. The Balaban J connectivity index is 1.90. The van der Waals surface area contributed by atoms with E-state index in [-0.39, 0.29) is 17.3 Å². The van der Waals surface area contributed by atoms with Crippen molar-refractivity contribution in [2.75, 3.05) is 25.0 Å². The number of ether oxygens (including phenoxy) is 1. The third kappa shape index (κ3) is 5.60. The Bertz CT molecular complexity index is 1180. The maximum Gasteiger partial charge on any atom is 0.264 e. The number of rotatable bonds is 8. The van der Waals surface area contributed by atoms with Crippen LogP contribution in [0.3, 0.4) is 0 Å². The third-order valence-electron chi connectivity index (χ3n) is 4.99. The Kier molecular flexibility index (Phi) is 7.43. The van der Waals surface area contributed by atoms with Crippen molar-refractivity contribution in [3.05, 3.63) is 88.9 Å². The molecule has 0 radical (unpaired) electrons. The number of carbonyl (C=O) groups is 1. The number of aryl methyl sites for hydroxylation is 1. The number of nitrogens with zero attached hydrogens (tertiary/aromatic N) is 2. The van der Waals surface area contributed by atoms with Crippen LogP contribution in [0.15, 0.2) is 77.7 Å². The van der Waals surface area contributed by atoms with Gasteiger partial charge in [0.05, 0.1) is 17.7 Å². The first-order valence-corrected chi connectivity index (χ1v) is 11.7. The standard InChI is InChI=1S/C24H25ClN2O4S/c1-18-7-9-19(10-8-18)16-26(2)24(28)17-27(21-6-4-5-20(25)15-21)32(29,30)23-13-11-22(31-3)12-14-23/h4-15H,16-17H2,1-3H3. The van der Waals surface area contributed by atoms with Crippen LogP contribution < -0.4 is 9.04 Å². The number of methoxy groups -OCH3 is 1. The molecule has 0 aromatic heterocycles. The van der Waals surface area contributed by atoms with Crippen molar-refractivity contribution in [1.29, 1.82) is 0 Å². The summed E-state index contributed by atoms with van der Waals surface area (Å²) in [6.45, 7) is 1.99. The van der Waals surface area contributed by atoms with Crippen LogP contribution in [0.4, 0.5) is 5.69 Å². The van der Waals surface area contributed by atoms with Gasteiger partial charge in [-0.1, -0.05) is 47.5 Å². The quantitative estimate of drug-likeness (QED) is 0.483. The van der Waals surface area contributed by atoms with Crippen LogP contribution in [0.25, 0.3) is 0 Å². The molecule has 0 saturated carbocycles. The fourth-order valence-electron chi connectivity index (χ4n) is 3.12. The van der Waals surface area contributed by atoms with E-state index in [0.29, 0.717) is 23.0 Å². The Hall–Kier alpha value is -3.03. The molecule has 32 heavy (non-hydrogen) atoms. The molecule has 0 atom stereocenters. The predicted octanol–water partition coefficient (Wildman–Crippen LogP) is 4.51. The van der Waals surface area contributed by atoms with Crippen LogP contribution >= 0.6 is 11.6 Å². The van der Waals surface area contributed by atoms with E-state index in [4.69, 9.17) is 16.3 Å². The van der Waals surface area contributed by atoms with E-state index in [1.807, 2.05) is 31.2 Å². The molecular formula is C24H25ClN2O4S. The summed E-state index contributed by atoms with van der Waals surface area (Å²) in [5.41, 5.74) is 2.39. The van der Waals surface area contributed by atoms with Crippen molar-refractivity contribution in [1.82, 2.24) is 4.90 Å². The lowest BCUT2D eigenvalue weighted by Crippen LogP contribution is -2.41. The molecule has 3 rings (SSSR count). The van der Waals surface area contributed by atoms with Crippen molar-refractivity contribution < 1.29 is 17.9 Å². The molecule has 6 nitrogen and oxygen atoms in total. The largest absolute Gasteiger partial charge is 0.497 e. The van der Waals surface area contributed by atoms with Crippen molar-refractivity contribution in [2.45, 2.75) is 18.4 Å². The Morgan fingerprint density at radius 2 is 1.66 bits per heavy atom. The molecule has 8 heteroatoms. The van der Waals surface area contributed by atoms with Crippen molar-refractivity contribution >= 4 is 33.2 Å². The summed E-state index contributed by atoms with van der Waals surface area (Å²) < 4.78 is 33.1. The second kappa shape index (κ2) is 10.1. The first kappa shape index (κ1) is 23.6. The number of benzene rings is 3. The highest BCUT2D eigenvalue weighted by Gasteiger charge is 2.28. The summed E-state index contributed by atoms with van der Waals surface area (Å²) in [7, 11) is -0.876. The Morgan fingerprint density at radius 3 is 2.25 bits per heavy atom. The fraction of sp³-hybridized carbons (Fsp3) is 0.208. The molecule has 0 saturated heterocycles. The minimum absolute atomic E-state index is 0.0484. The molecule has 0 spiro atoms. The predicted molar refractivity (Wildman–Crippen MR) is 127 cm³/mol. The number of sulfonamides is 1. The van der Waals surface area contributed by atoms with Gasteiger partial charge in [-0.05, 0) is 55.0 Å². The first-order valence-electron chi connectivity index (χ1n) is 9.92. The zero-order valence-electron chi connectivity index (χ0n) is 18.2. The van der Waals surface area contributed by atoms with Gasteiger partial charge in [0.2, 0.25) is 5.91 Å². The minimum atomic E-state index is -4.03. The van der Waals surface area contributed by atoms with Gasteiger partial charge in [0.15, 0.2) is 0 Å². The van der Waals surface area contributed by atoms with E-state index in [1.54, 1.807) is 37.4 Å². The number of halogens is 1. The lowest BCUT2D eigenvalue weighted by Gasteiger charge is -2.27. The summed E-state index contributed by atoms with van der Waals surface area (Å²) in [5, 5.41) is 0.373. The summed E-state index contributed by atoms with van der Waals surface area (Å²) >= 11 is 6.11. The smallest absolute Gasteiger partial charge is 0.264 e. The fourth-order valence-corrected chi connectivity index (χ4v) is 4.71. The maximum atomic E-state index is 13.5. The zero-order valence-corrected chi connectivity index (χ0v) is 19.7. The summed E-state index contributed by atoms with van der Waals surface area (Å²) in [4.78, 5) is 14.6. The van der Waals surface area contributed by atoms with E-state index in [1.165, 1.54) is 30.2 Å². The normalized spacial score (nSPS) is 11.1. The van der Waals surface area contributed by atoms with Crippen LogP contribution in [0, 0.1) is 6.92 Å². The van der Waals surface area contributed by atoms with Gasteiger partial charge in [-0.15, -0.1) is 0 Å². The number of likely N-dealkylation sites (N-methyl/N-ethyl adjacent to an activating group) is 1. The molecule has 3 aromatic rings. The third-order valence-corrected chi connectivity index (χ3v) is 7.01. The average molecular weight is 473 g/mol. The molecule has 168 valence electrons. The SMILES string of the molecule is COc1ccc(S(=O)(=O)N(CC(=O)N(C)Cc2ccc(C)cc2)c2cccc(Cl)c2)cc1. The number of anilines is 1. The van der Waals surface area contributed by atoms with E-state index < -0.39 is 10.0 Å². The first-order chi connectivity index (χ1) is 15.2. The van der Waals surface area contributed by atoms with Gasteiger partial charge in [0.25, 0.3) is 10.0 Å². The van der Waals surface area contributed by atoms with Crippen LogP contribution in [0.1, 0.15) is 11.1 Å². The van der Waals surface area contributed by atoms with Crippen LogP contribution in [0.2, 0.25) is 5.02 Å². The summed E-state index contributed by atoms with van der Waals surface area (Å²) in [5.74, 6) is 0.190. The highest BCUT2D eigenvalue weighted by molar-refractivity contribution is 7.92. The average Bonchev–Trinajstić information content (AvgIpc) is 2.78. The molecular weight excluding hydrogens is 448 g/mol. The van der Waals surface area contributed by atoms with E-state index in [2.05, 4.69) is 0 Å². The topological polar surface area (TPSA) is 66.9 Å². The van der Waals surface area contributed by atoms with Crippen LogP contribution in [-0.2, 0) is 21.4 Å². The van der Waals surface area contributed by atoms with Gasteiger partial charge in [0.1, 0.15) is 12.3 Å². The molecule has 0 fully saturated rings. The highest BCUT2D eigenvalue weighted by Crippen LogP contribution is 2.27. The molecule has 3 aromatic carbocycles. The lowest BCUT2D eigenvalue weighted by atomic mass is 10.1. The Labute approximate surface area is 194 Å². The van der Waals surface area contributed by atoms with E-state index in [0.717, 1.165) is 15.4 Å². The molecule has 0 aliphatic carbocycles. The van der Waals surface area contributed by atoms with Gasteiger partial charge < -0.3 is 9.64 Å². The van der Waals surface area contributed by atoms with Crippen LogP contribution in [-0.4, -0.2) is 39.9 Å². The van der Waals surface area contributed by atoms with Crippen molar-refractivity contribution in [3.63, 3.8) is 0 Å². The molecule has 0 bridgehead atoms. The zero-order chi connectivity index (χ0) is 23.3. The minimum Gasteiger partial charge on any atom is -0.497 e. The second-order valence-electron chi connectivity index (χ2n) is 7.40. The lowest BCUT2D eigenvalue weighted by molar-refractivity contribution is -0.128. The van der Waals surface area contributed by atoms with Gasteiger partial charge in [-0.3, -0.25) is 9.10 Å². The highest BCUT2D eigenvalue weighted by atomic mass is 35.5. The number of carbonyl (C=O) groups excluding carboxylic acids is 1. The molecule has 1 amide bonds. The Morgan fingerprint density at radius 1 is 1.00 bits per heavy atom. The summed E-state index contributed by atoms with van der Waals surface area (Å²) in [6, 6.07) is 20.3. The van der Waals surface area contributed by atoms with E-state index in [9.17, 15) is 13.2 Å². The van der Waals surface area contributed by atoms with Gasteiger partial charge in [-0.2, -0.15) is 0 Å². The molecule has 0 N–H and O–H groups in total. The van der Waals surface area contributed by atoms with Crippen LogP contribution in [0.5, 0.6) is 5.75 Å². The summed E-state index contributed by atoms with van der Waals surface area (Å²) in [6.07, 6.45) is 0. The monoisotopic (exact) mass is 472 g/mol. The van der Waals surface area contributed by atoms with E-state index >= 15 is 0 Å². The molecule has 0 aliphatic heterocycles. The van der Waals surface area contributed by atoms with Gasteiger partial charge in [0, 0.05) is 18.6 Å². The molecule has 0 unspecified atom stereocenters. The maximum absolute atomic E-state index is 13.5. The molecule has 0 aliphatic rings. The van der Waals surface area contributed by atoms with Gasteiger partial charge >= 0.3 is 0 Å². The molecule has 0 heterocycles. The van der Waals surface area contributed by atoms with Crippen molar-refractivity contribution in [3.8, 4) is 5.75 Å². The van der Waals surface area contributed by atoms with Crippen molar-refractivity contribution in [2.24, 2.45) is 0 Å². The second-order valence-corrected chi connectivity index (χ2v) is 9.70.